The lowest BCUT2D eigenvalue weighted by Gasteiger charge is -2.03. The third-order valence-corrected chi connectivity index (χ3v) is 2.14. The normalized spacial score (nSPS) is 10.3. The van der Waals surface area contributed by atoms with Gasteiger partial charge >= 0.3 is 0 Å². The van der Waals surface area contributed by atoms with Crippen LogP contribution < -0.4 is 5.73 Å². The van der Waals surface area contributed by atoms with E-state index in [0.717, 1.165) is 11.1 Å². The van der Waals surface area contributed by atoms with Gasteiger partial charge in [-0.3, -0.25) is 0 Å². The highest BCUT2D eigenvalue weighted by Crippen LogP contribution is 2.22. The van der Waals surface area contributed by atoms with Crippen molar-refractivity contribution in [3.8, 4) is 11.1 Å². The van der Waals surface area contributed by atoms with Crippen LogP contribution in [0.1, 0.15) is 5.69 Å². The monoisotopic (exact) mass is 202 g/mol. The van der Waals surface area contributed by atoms with E-state index in [1.165, 1.54) is 6.07 Å². The Hall–Kier alpha value is -1.90. The van der Waals surface area contributed by atoms with Crippen molar-refractivity contribution >= 4 is 5.69 Å². The molecular weight excluding hydrogens is 191 g/mol. The van der Waals surface area contributed by atoms with Gasteiger partial charge in [-0.05, 0) is 36.2 Å². The summed E-state index contributed by atoms with van der Waals surface area (Å²) in [5.74, 6) is -0.465. The van der Waals surface area contributed by atoms with Crippen molar-refractivity contribution in [1.29, 1.82) is 0 Å². The minimum absolute atomic E-state index is 0.465. The van der Waals surface area contributed by atoms with Crippen LogP contribution in [0.4, 0.5) is 10.1 Å². The van der Waals surface area contributed by atoms with Crippen LogP contribution in [0.25, 0.3) is 11.1 Å². The Morgan fingerprint density at radius 1 is 1.13 bits per heavy atom. The molecule has 1 aromatic heterocycles. The van der Waals surface area contributed by atoms with Crippen LogP contribution in [0, 0.1) is 12.9 Å². The van der Waals surface area contributed by atoms with E-state index in [1.54, 1.807) is 13.0 Å². The second-order valence-corrected chi connectivity index (χ2v) is 3.45. The zero-order chi connectivity index (χ0) is 10.8. The predicted octanol–water partition coefficient (Wildman–Crippen LogP) is 2.78. The van der Waals surface area contributed by atoms with E-state index < -0.39 is 5.95 Å². The van der Waals surface area contributed by atoms with Crippen LogP contribution >= 0.6 is 0 Å². The van der Waals surface area contributed by atoms with Crippen LogP contribution in [-0.2, 0) is 0 Å². The molecule has 2 aromatic rings. The molecule has 1 heterocycles. The molecule has 0 atom stereocenters. The average Bonchev–Trinajstić information content (AvgIpc) is 2.16. The molecule has 2 nitrogen and oxygen atoms in total. The summed E-state index contributed by atoms with van der Waals surface area (Å²) in [6, 6.07) is 10.6. The van der Waals surface area contributed by atoms with Crippen LogP contribution in [0.3, 0.4) is 0 Å². The molecule has 0 saturated heterocycles. The molecule has 0 fully saturated rings. The predicted molar refractivity (Wildman–Crippen MR) is 58.8 cm³/mol. The second-order valence-electron chi connectivity index (χ2n) is 3.45. The van der Waals surface area contributed by atoms with Gasteiger partial charge in [0.2, 0.25) is 5.95 Å². The summed E-state index contributed by atoms with van der Waals surface area (Å²) in [7, 11) is 0. The molecule has 2 rings (SSSR count). The maximum Gasteiger partial charge on any atom is 0.213 e. The number of aryl methyl sites for hydroxylation is 1. The number of anilines is 1. The van der Waals surface area contributed by atoms with Crippen molar-refractivity contribution in [1.82, 2.24) is 4.98 Å². The fourth-order valence-electron chi connectivity index (χ4n) is 1.51. The number of nitrogens with two attached hydrogens (primary N) is 1. The third-order valence-electron chi connectivity index (χ3n) is 2.14. The van der Waals surface area contributed by atoms with Gasteiger partial charge in [0.15, 0.2) is 0 Å². The number of nitrogens with zero attached hydrogens (tertiary/aromatic N) is 1. The zero-order valence-corrected chi connectivity index (χ0v) is 8.37. The van der Waals surface area contributed by atoms with E-state index in [4.69, 9.17) is 5.73 Å². The fraction of sp³-hybridized carbons (Fsp3) is 0.0833. The molecular formula is C12H11FN2. The van der Waals surface area contributed by atoms with Crippen molar-refractivity contribution in [3.05, 3.63) is 48.0 Å². The van der Waals surface area contributed by atoms with Gasteiger partial charge in [-0.15, -0.1) is 0 Å². The van der Waals surface area contributed by atoms with Gasteiger partial charge in [0.25, 0.3) is 0 Å². The number of halogens is 1. The highest BCUT2D eigenvalue weighted by molar-refractivity contribution is 5.67. The van der Waals surface area contributed by atoms with E-state index in [9.17, 15) is 4.39 Å². The first-order valence-electron chi connectivity index (χ1n) is 4.65. The molecule has 0 aliphatic rings. The van der Waals surface area contributed by atoms with Crippen LogP contribution in [-0.4, -0.2) is 4.98 Å². The van der Waals surface area contributed by atoms with Gasteiger partial charge in [0.1, 0.15) is 0 Å². The van der Waals surface area contributed by atoms with Crippen LogP contribution in [0.2, 0.25) is 0 Å². The van der Waals surface area contributed by atoms with Crippen molar-refractivity contribution < 1.29 is 4.39 Å². The number of nitrogen functional groups attached to an aromatic ring is 1. The smallest absolute Gasteiger partial charge is 0.213 e. The Morgan fingerprint density at radius 2 is 1.93 bits per heavy atom. The summed E-state index contributed by atoms with van der Waals surface area (Å²) in [6.07, 6.45) is 0. The first-order valence-corrected chi connectivity index (χ1v) is 4.65. The highest BCUT2D eigenvalue weighted by Gasteiger charge is 2.02. The van der Waals surface area contributed by atoms with Crippen molar-refractivity contribution in [3.63, 3.8) is 0 Å². The summed E-state index contributed by atoms with van der Waals surface area (Å²) in [4.78, 5) is 3.68. The molecule has 15 heavy (non-hydrogen) atoms. The minimum Gasteiger partial charge on any atom is -0.399 e. The lowest BCUT2D eigenvalue weighted by atomic mass is 10.1. The summed E-state index contributed by atoms with van der Waals surface area (Å²) < 4.78 is 13.1. The van der Waals surface area contributed by atoms with Gasteiger partial charge in [-0.1, -0.05) is 12.1 Å². The molecule has 0 spiro atoms. The molecule has 2 N–H and O–H groups in total. The first kappa shape index (κ1) is 9.65. The molecule has 0 saturated carbocycles. The van der Waals surface area contributed by atoms with Gasteiger partial charge in [-0.2, -0.15) is 4.39 Å². The summed E-state index contributed by atoms with van der Waals surface area (Å²) in [5.41, 5.74) is 8.69. The molecule has 1 aromatic carbocycles. The van der Waals surface area contributed by atoms with Gasteiger partial charge in [0.05, 0.1) is 0 Å². The minimum atomic E-state index is -0.465. The van der Waals surface area contributed by atoms with Gasteiger partial charge < -0.3 is 5.73 Å². The maximum atomic E-state index is 13.1. The molecule has 0 aliphatic heterocycles. The molecule has 0 unspecified atom stereocenters. The number of hydrogen-bond acceptors (Lipinski definition) is 2. The summed E-state index contributed by atoms with van der Waals surface area (Å²) >= 11 is 0. The Bertz CT molecular complexity index is 474. The van der Waals surface area contributed by atoms with Crippen molar-refractivity contribution in [2.45, 2.75) is 6.92 Å². The molecule has 0 aliphatic carbocycles. The van der Waals surface area contributed by atoms with E-state index >= 15 is 0 Å². The Labute approximate surface area is 87.6 Å². The van der Waals surface area contributed by atoms with Crippen molar-refractivity contribution in [2.24, 2.45) is 0 Å². The summed E-state index contributed by atoms with van der Waals surface area (Å²) in [5, 5.41) is 0. The van der Waals surface area contributed by atoms with E-state index in [1.807, 2.05) is 24.3 Å². The standard InChI is InChI=1S/C12H11FN2/c1-8-5-10(7-12(13)15-8)9-3-2-4-11(14)6-9/h2-7H,14H2,1H3. The largest absolute Gasteiger partial charge is 0.399 e. The lowest BCUT2D eigenvalue weighted by Crippen LogP contribution is -1.90. The zero-order valence-electron chi connectivity index (χ0n) is 8.37. The summed E-state index contributed by atoms with van der Waals surface area (Å²) in [6.45, 7) is 1.76. The molecule has 0 radical (unpaired) electrons. The maximum absolute atomic E-state index is 13.1. The van der Waals surface area contributed by atoms with Gasteiger partial charge in [0, 0.05) is 17.4 Å². The first-order chi connectivity index (χ1) is 7.15. The van der Waals surface area contributed by atoms with Crippen LogP contribution in [0.15, 0.2) is 36.4 Å². The number of pyridine rings is 1. The molecule has 76 valence electrons. The molecule has 0 amide bonds. The highest BCUT2D eigenvalue weighted by atomic mass is 19.1. The number of benzene rings is 1. The Balaban J connectivity index is 2.54. The van der Waals surface area contributed by atoms with Crippen LogP contribution in [0.5, 0.6) is 0 Å². The van der Waals surface area contributed by atoms with E-state index in [0.29, 0.717) is 11.4 Å². The second kappa shape index (κ2) is 3.69. The third kappa shape index (κ3) is 2.13. The quantitative estimate of drug-likeness (QED) is 0.570. The van der Waals surface area contributed by atoms with E-state index in [2.05, 4.69) is 4.98 Å². The number of aromatic nitrogens is 1. The van der Waals surface area contributed by atoms with Crippen molar-refractivity contribution in [2.75, 3.05) is 5.73 Å². The Kier molecular flexibility index (Phi) is 2.37. The molecule has 3 heteroatoms. The fourth-order valence-corrected chi connectivity index (χ4v) is 1.51. The van der Waals surface area contributed by atoms with Gasteiger partial charge in [-0.25, -0.2) is 4.98 Å². The average molecular weight is 202 g/mol. The Morgan fingerprint density at radius 3 is 2.60 bits per heavy atom. The van der Waals surface area contributed by atoms with E-state index in [-0.39, 0.29) is 0 Å². The lowest BCUT2D eigenvalue weighted by molar-refractivity contribution is 0.581. The topological polar surface area (TPSA) is 38.9 Å². The number of rotatable bonds is 1. The molecule has 0 bridgehead atoms. The SMILES string of the molecule is Cc1cc(-c2cccc(N)c2)cc(F)n1. The number of hydrogen-bond donors (Lipinski definition) is 1.